The van der Waals surface area contributed by atoms with Crippen molar-refractivity contribution < 1.29 is 9.47 Å². The highest BCUT2D eigenvalue weighted by atomic mass is 16.5. The Balaban J connectivity index is 2.33. The molecule has 0 fully saturated rings. The minimum absolute atomic E-state index is 0.470. The largest absolute Gasteiger partial charge is 0.490 e. The van der Waals surface area contributed by atoms with Crippen molar-refractivity contribution in [2.75, 3.05) is 19.8 Å². The zero-order valence-electron chi connectivity index (χ0n) is 10.7. The van der Waals surface area contributed by atoms with E-state index in [-0.39, 0.29) is 0 Å². The number of rotatable bonds is 3. The number of benzene rings is 1. The molecule has 0 aromatic heterocycles. The second kappa shape index (κ2) is 5.41. The molecule has 17 heavy (non-hydrogen) atoms. The van der Waals surface area contributed by atoms with Gasteiger partial charge < -0.3 is 15.2 Å². The Bertz CT molecular complexity index is 390. The summed E-state index contributed by atoms with van der Waals surface area (Å²) in [5.74, 6) is 2.27. The van der Waals surface area contributed by atoms with E-state index in [4.69, 9.17) is 15.2 Å². The minimum Gasteiger partial charge on any atom is -0.490 e. The van der Waals surface area contributed by atoms with E-state index in [9.17, 15) is 0 Å². The third-order valence-electron chi connectivity index (χ3n) is 3.33. The molecule has 1 aromatic carbocycles. The summed E-state index contributed by atoms with van der Waals surface area (Å²) in [6, 6.07) is 4.17. The number of fused-ring (bicyclic) bond motifs is 1. The molecule has 1 unspecified atom stereocenters. The zero-order valence-corrected chi connectivity index (χ0v) is 10.7. The second-order valence-electron chi connectivity index (χ2n) is 4.64. The highest BCUT2D eigenvalue weighted by Gasteiger charge is 2.17. The van der Waals surface area contributed by atoms with E-state index in [0.717, 1.165) is 44.1 Å². The van der Waals surface area contributed by atoms with Gasteiger partial charge in [0.05, 0.1) is 13.2 Å². The van der Waals surface area contributed by atoms with Crippen LogP contribution >= 0.6 is 0 Å². The molecule has 2 rings (SSSR count). The molecule has 3 nitrogen and oxygen atoms in total. The molecular weight excluding hydrogens is 214 g/mol. The molecule has 0 bridgehead atoms. The van der Waals surface area contributed by atoms with Gasteiger partial charge in [-0.05, 0) is 43.0 Å². The summed E-state index contributed by atoms with van der Waals surface area (Å²) in [6.45, 7) is 6.51. The van der Waals surface area contributed by atoms with Gasteiger partial charge in [-0.2, -0.15) is 0 Å². The Morgan fingerprint density at radius 1 is 1.29 bits per heavy atom. The Labute approximate surface area is 103 Å². The van der Waals surface area contributed by atoms with Gasteiger partial charge in [-0.25, -0.2) is 0 Å². The van der Waals surface area contributed by atoms with Crippen LogP contribution in [-0.4, -0.2) is 19.8 Å². The van der Waals surface area contributed by atoms with Crippen molar-refractivity contribution in [3.05, 3.63) is 23.3 Å². The highest BCUT2D eigenvalue weighted by Crippen LogP contribution is 2.37. The van der Waals surface area contributed by atoms with Gasteiger partial charge >= 0.3 is 0 Å². The first-order valence-electron chi connectivity index (χ1n) is 6.33. The van der Waals surface area contributed by atoms with Crippen LogP contribution in [0.2, 0.25) is 0 Å². The molecule has 1 atom stereocenters. The maximum atomic E-state index is 5.79. The van der Waals surface area contributed by atoms with Gasteiger partial charge in [0.25, 0.3) is 0 Å². The van der Waals surface area contributed by atoms with E-state index in [1.165, 1.54) is 11.1 Å². The fraction of sp³-hybridized carbons (Fsp3) is 0.571. The molecule has 0 saturated heterocycles. The predicted molar refractivity (Wildman–Crippen MR) is 68.9 cm³/mol. The van der Waals surface area contributed by atoms with Gasteiger partial charge in [0.15, 0.2) is 11.5 Å². The highest BCUT2D eigenvalue weighted by molar-refractivity contribution is 5.51. The molecule has 0 spiro atoms. The van der Waals surface area contributed by atoms with Crippen LogP contribution in [0, 0.1) is 6.92 Å². The van der Waals surface area contributed by atoms with Crippen molar-refractivity contribution in [2.45, 2.75) is 32.6 Å². The van der Waals surface area contributed by atoms with Crippen LogP contribution in [0.3, 0.4) is 0 Å². The standard InChI is InChI=1S/C14H21NO2/c1-10(6-7-15)12-4-5-13-14(11(12)2)17-9-3-8-16-13/h4-5,10H,3,6-9,15H2,1-2H3. The molecule has 0 aliphatic carbocycles. The van der Waals surface area contributed by atoms with Crippen molar-refractivity contribution >= 4 is 0 Å². The molecule has 3 heteroatoms. The average Bonchev–Trinajstić information content (AvgIpc) is 2.55. The number of hydrogen-bond acceptors (Lipinski definition) is 3. The lowest BCUT2D eigenvalue weighted by Gasteiger charge is -2.18. The first kappa shape index (κ1) is 12.2. The van der Waals surface area contributed by atoms with Gasteiger partial charge in [0.1, 0.15) is 0 Å². The maximum absolute atomic E-state index is 5.79. The van der Waals surface area contributed by atoms with E-state index in [1.807, 2.05) is 6.07 Å². The van der Waals surface area contributed by atoms with Gasteiger partial charge in [0, 0.05) is 6.42 Å². The number of hydrogen-bond donors (Lipinski definition) is 1. The first-order chi connectivity index (χ1) is 8.24. The van der Waals surface area contributed by atoms with Crippen molar-refractivity contribution in [1.29, 1.82) is 0 Å². The van der Waals surface area contributed by atoms with Crippen LogP contribution in [0.4, 0.5) is 0 Å². The van der Waals surface area contributed by atoms with Gasteiger partial charge in [-0.3, -0.25) is 0 Å². The summed E-state index contributed by atoms with van der Waals surface area (Å²) in [5.41, 5.74) is 8.14. The third kappa shape index (κ3) is 2.55. The molecule has 1 aliphatic heterocycles. The van der Waals surface area contributed by atoms with Crippen LogP contribution in [0.1, 0.15) is 36.8 Å². The molecule has 0 saturated carbocycles. The molecular formula is C14H21NO2. The number of nitrogens with two attached hydrogens (primary N) is 1. The average molecular weight is 235 g/mol. The Hall–Kier alpha value is -1.22. The summed E-state index contributed by atoms with van der Waals surface area (Å²) in [4.78, 5) is 0. The second-order valence-corrected chi connectivity index (χ2v) is 4.64. The van der Waals surface area contributed by atoms with Crippen molar-refractivity contribution in [3.8, 4) is 11.5 Å². The Morgan fingerprint density at radius 3 is 2.82 bits per heavy atom. The molecule has 0 amide bonds. The molecule has 0 radical (unpaired) electrons. The van der Waals surface area contributed by atoms with Crippen molar-refractivity contribution in [3.63, 3.8) is 0 Å². The van der Waals surface area contributed by atoms with Crippen LogP contribution in [0.25, 0.3) is 0 Å². The number of ether oxygens (including phenoxy) is 2. The minimum atomic E-state index is 0.470. The fourth-order valence-electron chi connectivity index (χ4n) is 2.33. The van der Waals surface area contributed by atoms with Gasteiger partial charge in [-0.15, -0.1) is 0 Å². The summed E-state index contributed by atoms with van der Waals surface area (Å²) in [6.07, 6.45) is 1.95. The van der Waals surface area contributed by atoms with E-state index >= 15 is 0 Å². The summed E-state index contributed by atoms with van der Waals surface area (Å²) in [7, 11) is 0. The fourth-order valence-corrected chi connectivity index (χ4v) is 2.33. The topological polar surface area (TPSA) is 44.5 Å². The summed E-state index contributed by atoms with van der Waals surface area (Å²) < 4.78 is 11.5. The maximum Gasteiger partial charge on any atom is 0.164 e. The van der Waals surface area contributed by atoms with Crippen molar-refractivity contribution in [2.24, 2.45) is 5.73 Å². The van der Waals surface area contributed by atoms with Crippen molar-refractivity contribution in [1.82, 2.24) is 0 Å². The predicted octanol–water partition coefficient (Wildman–Crippen LogP) is 2.61. The zero-order chi connectivity index (χ0) is 12.3. The van der Waals surface area contributed by atoms with Gasteiger partial charge in [0.2, 0.25) is 0 Å². The van der Waals surface area contributed by atoms with E-state index < -0.39 is 0 Å². The lowest BCUT2D eigenvalue weighted by atomic mass is 9.93. The molecule has 2 N–H and O–H groups in total. The normalized spacial score (nSPS) is 16.4. The molecule has 1 aromatic rings. The van der Waals surface area contributed by atoms with Crippen LogP contribution in [0.5, 0.6) is 11.5 Å². The third-order valence-corrected chi connectivity index (χ3v) is 3.33. The lowest BCUT2D eigenvalue weighted by molar-refractivity contribution is 0.296. The molecule has 94 valence electrons. The van der Waals surface area contributed by atoms with Crippen LogP contribution in [-0.2, 0) is 0 Å². The monoisotopic (exact) mass is 235 g/mol. The first-order valence-corrected chi connectivity index (χ1v) is 6.33. The summed E-state index contributed by atoms with van der Waals surface area (Å²) in [5, 5.41) is 0. The van der Waals surface area contributed by atoms with E-state index in [2.05, 4.69) is 19.9 Å². The van der Waals surface area contributed by atoms with E-state index in [1.54, 1.807) is 0 Å². The molecule has 1 heterocycles. The van der Waals surface area contributed by atoms with Gasteiger partial charge in [-0.1, -0.05) is 13.0 Å². The Morgan fingerprint density at radius 2 is 2.06 bits per heavy atom. The lowest BCUT2D eigenvalue weighted by Crippen LogP contribution is -2.07. The summed E-state index contributed by atoms with van der Waals surface area (Å²) >= 11 is 0. The van der Waals surface area contributed by atoms with E-state index in [0.29, 0.717) is 5.92 Å². The smallest absolute Gasteiger partial charge is 0.164 e. The molecule has 1 aliphatic rings. The SMILES string of the molecule is Cc1c(C(C)CCN)ccc2c1OCCCO2. The Kier molecular flexibility index (Phi) is 3.89. The quantitative estimate of drug-likeness (QED) is 0.875. The van der Waals surface area contributed by atoms with Crippen LogP contribution < -0.4 is 15.2 Å². The van der Waals surface area contributed by atoms with Crippen LogP contribution in [0.15, 0.2) is 12.1 Å².